The Labute approximate surface area is 193 Å². The van der Waals surface area contributed by atoms with Crippen LogP contribution in [0.4, 0.5) is 0 Å². The summed E-state index contributed by atoms with van der Waals surface area (Å²) in [7, 11) is 0. The predicted molar refractivity (Wildman–Crippen MR) is 122 cm³/mol. The monoisotopic (exact) mass is 453 g/mol. The van der Waals surface area contributed by atoms with Gasteiger partial charge in [0.1, 0.15) is 12.2 Å². The van der Waals surface area contributed by atoms with Crippen LogP contribution in [0.3, 0.4) is 0 Å². The first-order chi connectivity index (χ1) is 15.6. The Morgan fingerprint density at radius 3 is 2.15 bits per heavy atom. The number of hydrogen-bond donors (Lipinski definition) is 2. The molecular weight excluding hydrogens is 422 g/mol. The van der Waals surface area contributed by atoms with Crippen molar-refractivity contribution in [3.05, 3.63) is 71.8 Å². The summed E-state index contributed by atoms with van der Waals surface area (Å²) in [4.78, 5) is 40.7. The molecule has 1 aliphatic heterocycles. The lowest BCUT2D eigenvalue weighted by Crippen LogP contribution is -2.62. The van der Waals surface area contributed by atoms with Crippen LogP contribution < -0.4 is 11.5 Å². The number of amides is 1. The van der Waals surface area contributed by atoms with Gasteiger partial charge in [0.15, 0.2) is 5.66 Å². The van der Waals surface area contributed by atoms with Crippen molar-refractivity contribution in [3.8, 4) is 0 Å². The van der Waals surface area contributed by atoms with Crippen LogP contribution in [-0.4, -0.2) is 40.6 Å². The van der Waals surface area contributed by atoms with Crippen LogP contribution in [0.15, 0.2) is 60.7 Å². The zero-order valence-electron chi connectivity index (χ0n) is 19.2. The first kappa shape index (κ1) is 24.4. The minimum absolute atomic E-state index is 0.0620. The van der Waals surface area contributed by atoms with Crippen LogP contribution in [-0.2, 0) is 30.5 Å². The smallest absolute Gasteiger partial charge is 0.347 e. The van der Waals surface area contributed by atoms with Crippen LogP contribution in [0.2, 0.25) is 0 Å². The molecule has 3 atom stereocenters. The summed E-state index contributed by atoms with van der Waals surface area (Å²) in [5.41, 5.74) is 11.0. The quantitative estimate of drug-likeness (QED) is 0.643. The Morgan fingerprint density at radius 1 is 1.03 bits per heavy atom. The Hall–Kier alpha value is -3.23. The molecule has 8 heteroatoms. The summed E-state index contributed by atoms with van der Waals surface area (Å²) in [6, 6.07) is 17.4. The maximum Gasteiger partial charge on any atom is 0.347 e. The van der Waals surface area contributed by atoms with Crippen LogP contribution in [0, 0.1) is 5.92 Å². The maximum absolute atomic E-state index is 13.3. The average Bonchev–Trinajstić information content (AvgIpc) is 3.12. The van der Waals surface area contributed by atoms with Crippen molar-refractivity contribution in [2.75, 3.05) is 6.54 Å². The number of carbonyl (C=O) groups excluding carboxylic acids is 3. The van der Waals surface area contributed by atoms with E-state index in [0.29, 0.717) is 5.56 Å². The third kappa shape index (κ3) is 5.40. The summed E-state index contributed by atoms with van der Waals surface area (Å²) >= 11 is 0. The summed E-state index contributed by atoms with van der Waals surface area (Å²) in [5.74, 6) is -2.80. The Bertz CT molecular complexity index is 990. The van der Waals surface area contributed by atoms with Crippen molar-refractivity contribution in [3.63, 3.8) is 0 Å². The first-order valence-corrected chi connectivity index (χ1v) is 10.9. The summed E-state index contributed by atoms with van der Waals surface area (Å²) < 4.78 is 11.1. The Balaban J connectivity index is 2.00. The van der Waals surface area contributed by atoms with Gasteiger partial charge in [-0.15, -0.1) is 0 Å². The minimum Gasteiger partial charge on any atom is -0.461 e. The molecule has 1 fully saturated rings. The molecule has 3 unspecified atom stereocenters. The molecule has 3 rings (SSSR count). The largest absolute Gasteiger partial charge is 0.461 e. The average molecular weight is 454 g/mol. The van der Waals surface area contributed by atoms with Gasteiger partial charge in [0, 0.05) is 6.42 Å². The highest BCUT2D eigenvalue weighted by Crippen LogP contribution is 2.46. The number of carbonyl (C=O) groups is 3. The van der Waals surface area contributed by atoms with Gasteiger partial charge in [-0.1, -0.05) is 60.7 Å². The van der Waals surface area contributed by atoms with E-state index in [2.05, 4.69) is 0 Å². The molecule has 0 radical (unpaired) electrons. The van der Waals surface area contributed by atoms with Crippen LogP contribution in [0.25, 0.3) is 0 Å². The molecule has 176 valence electrons. The third-order valence-electron chi connectivity index (χ3n) is 5.48. The third-order valence-corrected chi connectivity index (χ3v) is 5.48. The number of rotatable bonds is 6. The highest BCUT2D eigenvalue weighted by Gasteiger charge is 2.60. The first-order valence-electron chi connectivity index (χ1n) is 10.9. The van der Waals surface area contributed by atoms with Crippen LogP contribution >= 0.6 is 0 Å². The molecule has 8 nitrogen and oxygen atoms in total. The molecule has 33 heavy (non-hydrogen) atoms. The number of nitrogens with zero attached hydrogens (tertiary/aromatic N) is 1. The van der Waals surface area contributed by atoms with Crippen molar-refractivity contribution in [2.45, 2.75) is 51.1 Å². The molecule has 4 N–H and O–H groups in total. The van der Waals surface area contributed by atoms with Crippen molar-refractivity contribution >= 4 is 17.8 Å². The van der Waals surface area contributed by atoms with E-state index in [4.69, 9.17) is 20.9 Å². The molecule has 1 heterocycles. The van der Waals surface area contributed by atoms with Gasteiger partial charge < -0.3 is 20.1 Å². The molecule has 0 aromatic heterocycles. The van der Waals surface area contributed by atoms with E-state index in [1.54, 1.807) is 45.0 Å². The van der Waals surface area contributed by atoms with Crippen molar-refractivity contribution < 1.29 is 23.9 Å². The van der Waals surface area contributed by atoms with Crippen molar-refractivity contribution in [1.29, 1.82) is 0 Å². The molecule has 1 saturated heterocycles. The van der Waals surface area contributed by atoms with Gasteiger partial charge in [-0.25, -0.2) is 4.79 Å². The molecule has 0 bridgehead atoms. The SMILES string of the molecule is CC(C)(C)OC(=O)C1(N)CC(C(=O)OCc2ccccc2)C(c2ccccc2)N1C(=O)CN. The standard InChI is InChI=1S/C25H31N3O5/c1-24(2,3)33-23(31)25(27)14-19(22(30)32-16-17-10-6-4-7-11-17)21(28(25)20(29)15-26)18-12-8-5-9-13-18/h4-13,19,21H,14-16,26-27H2,1-3H3. The van der Waals surface area contributed by atoms with Crippen LogP contribution in [0.5, 0.6) is 0 Å². The molecule has 2 aromatic carbocycles. The van der Waals surface area contributed by atoms with E-state index in [1.165, 1.54) is 4.90 Å². The van der Waals surface area contributed by atoms with Gasteiger partial charge in [-0.2, -0.15) is 0 Å². The van der Waals surface area contributed by atoms with Crippen molar-refractivity contribution in [2.24, 2.45) is 17.4 Å². The summed E-state index contributed by atoms with van der Waals surface area (Å²) in [5, 5.41) is 0. The van der Waals surface area contributed by atoms with E-state index in [9.17, 15) is 14.4 Å². The van der Waals surface area contributed by atoms with E-state index in [1.807, 2.05) is 36.4 Å². The number of benzene rings is 2. The van der Waals surface area contributed by atoms with Gasteiger partial charge in [-0.3, -0.25) is 15.3 Å². The number of esters is 2. The van der Waals surface area contributed by atoms with E-state index < -0.39 is 41.1 Å². The second kappa shape index (κ2) is 9.72. The highest BCUT2D eigenvalue weighted by molar-refractivity contribution is 5.92. The molecular formula is C25H31N3O5. The zero-order valence-corrected chi connectivity index (χ0v) is 19.2. The second-order valence-corrected chi connectivity index (χ2v) is 9.15. The highest BCUT2D eigenvalue weighted by atomic mass is 16.6. The molecule has 0 spiro atoms. The normalized spacial score (nSPS) is 22.6. The Kier molecular flexibility index (Phi) is 7.19. The molecule has 2 aromatic rings. The second-order valence-electron chi connectivity index (χ2n) is 9.15. The maximum atomic E-state index is 13.3. The van der Waals surface area contributed by atoms with Gasteiger partial charge in [0.25, 0.3) is 0 Å². The van der Waals surface area contributed by atoms with Crippen molar-refractivity contribution in [1.82, 2.24) is 4.90 Å². The molecule has 1 amide bonds. The number of nitrogens with two attached hydrogens (primary N) is 2. The number of hydrogen-bond acceptors (Lipinski definition) is 7. The van der Waals surface area contributed by atoms with Gasteiger partial charge in [-0.05, 0) is 31.9 Å². The predicted octanol–water partition coefficient (Wildman–Crippen LogP) is 2.27. The number of likely N-dealkylation sites (tertiary alicyclic amines) is 1. The number of ether oxygens (including phenoxy) is 2. The lowest BCUT2D eigenvalue weighted by Gasteiger charge is -2.37. The summed E-state index contributed by atoms with van der Waals surface area (Å²) in [6.07, 6.45) is -0.152. The van der Waals surface area contributed by atoms with E-state index in [-0.39, 0.29) is 19.6 Å². The fourth-order valence-electron chi connectivity index (χ4n) is 4.08. The Morgan fingerprint density at radius 2 is 1.61 bits per heavy atom. The topological polar surface area (TPSA) is 125 Å². The lowest BCUT2D eigenvalue weighted by atomic mass is 9.92. The minimum atomic E-state index is -1.87. The lowest BCUT2D eigenvalue weighted by molar-refractivity contribution is -0.172. The van der Waals surface area contributed by atoms with E-state index in [0.717, 1.165) is 5.56 Å². The van der Waals surface area contributed by atoms with Gasteiger partial charge in [0.05, 0.1) is 18.5 Å². The van der Waals surface area contributed by atoms with Crippen LogP contribution in [0.1, 0.15) is 44.4 Å². The van der Waals surface area contributed by atoms with Gasteiger partial charge in [0.2, 0.25) is 5.91 Å². The molecule has 0 saturated carbocycles. The van der Waals surface area contributed by atoms with E-state index >= 15 is 0 Å². The fourth-order valence-corrected chi connectivity index (χ4v) is 4.08. The molecule has 0 aliphatic carbocycles. The summed E-state index contributed by atoms with van der Waals surface area (Å²) in [6.45, 7) is 4.80. The fraction of sp³-hybridized carbons (Fsp3) is 0.400. The van der Waals surface area contributed by atoms with Gasteiger partial charge >= 0.3 is 11.9 Å². The molecule has 1 aliphatic rings. The zero-order chi connectivity index (χ0) is 24.2.